The Kier molecular flexibility index (Phi) is 7.12. The molecule has 1 N–H and O–H groups in total. The number of hydrogen-bond donors (Lipinski definition) is 1. The van der Waals surface area contributed by atoms with E-state index in [9.17, 15) is 18.8 Å². The fraction of sp³-hybridized carbons (Fsp3) is 0.400. The first kappa shape index (κ1) is 23.7. The molecule has 1 fully saturated rings. The third-order valence-electron chi connectivity index (χ3n) is 5.95. The van der Waals surface area contributed by atoms with E-state index in [2.05, 4.69) is 5.32 Å². The summed E-state index contributed by atoms with van der Waals surface area (Å²) in [4.78, 5) is 39.6. The maximum atomic E-state index is 13.3. The molecule has 2 heterocycles. The first-order valence-corrected chi connectivity index (χ1v) is 11.2. The van der Waals surface area contributed by atoms with Gasteiger partial charge in [0.1, 0.15) is 23.4 Å². The van der Waals surface area contributed by atoms with E-state index in [0.29, 0.717) is 41.5 Å². The molecular weight excluding hydrogens is 443 g/mol. The second-order valence-corrected chi connectivity index (χ2v) is 8.41. The van der Waals surface area contributed by atoms with Crippen molar-refractivity contribution in [3.05, 3.63) is 53.3 Å². The van der Waals surface area contributed by atoms with Gasteiger partial charge in [-0.2, -0.15) is 0 Å². The van der Waals surface area contributed by atoms with Crippen molar-refractivity contribution in [2.24, 2.45) is 0 Å². The van der Waals surface area contributed by atoms with Crippen LogP contribution in [-0.2, 0) is 14.3 Å². The topological polar surface area (TPSA) is 94.2 Å². The molecule has 0 aromatic heterocycles. The number of ketones is 1. The maximum Gasteiger partial charge on any atom is 0.265 e. The number of Topliss-reactive ketones (excluding diaryl/α,β-unsaturated/α-hetero) is 1. The van der Waals surface area contributed by atoms with Gasteiger partial charge >= 0.3 is 0 Å². The summed E-state index contributed by atoms with van der Waals surface area (Å²) in [6.45, 7) is 3.93. The third-order valence-corrected chi connectivity index (χ3v) is 5.95. The van der Waals surface area contributed by atoms with Crippen LogP contribution in [0.3, 0.4) is 0 Å². The molecule has 2 aromatic carbocycles. The van der Waals surface area contributed by atoms with Gasteiger partial charge < -0.3 is 19.5 Å². The molecule has 0 spiro atoms. The smallest absolute Gasteiger partial charge is 0.265 e. The molecule has 2 atom stereocenters. The van der Waals surface area contributed by atoms with Crippen LogP contribution in [0.25, 0.3) is 0 Å². The van der Waals surface area contributed by atoms with E-state index in [1.807, 2.05) is 0 Å². The van der Waals surface area contributed by atoms with Gasteiger partial charge in [0.25, 0.3) is 5.91 Å². The third kappa shape index (κ3) is 5.20. The number of anilines is 1. The second kappa shape index (κ2) is 10.2. The molecule has 1 saturated heterocycles. The largest absolute Gasteiger partial charge is 0.485 e. The number of aryl methyl sites for hydroxylation is 1. The van der Waals surface area contributed by atoms with Gasteiger partial charge in [-0.15, -0.1) is 0 Å². The molecule has 2 aliphatic heterocycles. The molecule has 4 rings (SSSR count). The average molecular weight is 470 g/mol. The Bertz CT molecular complexity index is 1100. The Morgan fingerprint density at radius 1 is 1.26 bits per heavy atom. The Morgan fingerprint density at radius 2 is 2.09 bits per heavy atom. The van der Waals surface area contributed by atoms with Crippen LogP contribution in [0.5, 0.6) is 11.5 Å². The molecule has 0 aliphatic carbocycles. The summed E-state index contributed by atoms with van der Waals surface area (Å²) in [6, 6.07) is 7.96. The van der Waals surface area contributed by atoms with E-state index in [-0.39, 0.29) is 42.7 Å². The molecule has 0 radical (unpaired) electrons. The van der Waals surface area contributed by atoms with Crippen molar-refractivity contribution in [1.82, 2.24) is 5.32 Å². The maximum absolute atomic E-state index is 13.3. The van der Waals surface area contributed by atoms with Crippen LogP contribution in [0.4, 0.5) is 10.1 Å². The predicted octanol–water partition coefficient (Wildman–Crippen LogP) is 2.80. The fourth-order valence-corrected chi connectivity index (χ4v) is 4.06. The van der Waals surface area contributed by atoms with Crippen molar-refractivity contribution in [2.75, 3.05) is 31.3 Å². The number of nitrogens with one attached hydrogen (secondary N) is 1. The number of carbonyl (C=O) groups is 3. The Hall–Kier alpha value is -3.46. The number of nitrogens with zero attached hydrogens (tertiary/aromatic N) is 1. The standard InChI is InChI=1S/C25H27FN2O6/c1-15-10-18(26)6-8-22(15)33-13-21(29)17-5-7-23-20(11-17)28(24(30)14-34-23)16(2)25(31)27-12-19-4-3-9-32-19/h5-8,10-11,16,19H,3-4,9,12-14H2,1-2H3,(H,27,31)/t16-,19-/m0/s1. The van der Waals surface area contributed by atoms with Crippen LogP contribution in [-0.4, -0.2) is 56.1 Å². The summed E-state index contributed by atoms with van der Waals surface area (Å²) < 4.78 is 29.9. The Labute approximate surface area is 197 Å². The number of rotatable bonds is 8. The van der Waals surface area contributed by atoms with Crippen molar-refractivity contribution in [3.63, 3.8) is 0 Å². The highest BCUT2D eigenvalue weighted by atomic mass is 19.1. The zero-order valence-electron chi connectivity index (χ0n) is 19.1. The van der Waals surface area contributed by atoms with Crippen molar-refractivity contribution in [1.29, 1.82) is 0 Å². The molecule has 2 aliphatic rings. The first-order chi connectivity index (χ1) is 16.3. The van der Waals surface area contributed by atoms with Gasteiger partial charge in [-0.3, -0.25) is 19.3 Å². The van der Waals surface area contributed by atoms with Crippen molar-refractivity contribution < 1.29 is 33.0 Å². The lowest BCUT2D eigenvalue weighted by Crippen LogP contribution is -2.52. The fourth-order valence-electron chi connectivity index (χ4n) is 4.06. The van der Waals surface area contributed by atoms with Gasteiger partial charge in [0.15, 0.2) is 19.0 Å². The van der Waals surface area contributed by atoms with Crippen molar-refractivity contribution in [2.45, 2.75) is 38.8 Å². The summed E-state index contributed by atoms with van der Waals surface area (Å²) in [6.07, 6.45) is 1.84. The van der Waals surface area contributed by atoms with Crippen LogP contribution in [0.2, 0.25) is 0 Å². The van der Waals surface area contributed by atoms with E-state index >= 15 is 0 Å². The van der Waals surface area contributed by atoms with Gasteiger partial charge in [-0.1, -0.05) is 0 Å². The monoisotopic (exact) mass is 470 g/mol. The summed E-state index contributed by atoms with van der Waals surface area (Å²) in [7, 11) is 0. The molecule has 8 nitrogen and oxygen atoms in total. The lowest BCUT2D eigenvalue weighted by atomic mass is 10.1. The van der Waals surface area contributed by atoms with Crippen LogP contribution in [0, 0.1) is 12.7 Å². The number of fused-ring (bicyclic) bond motifs is 1. The SMILES string of the molecule is Cc1cc(F)ccc1OCC(=O)c1ccc2c(c1)N([C@@H](C)C(=O)NC[C@@H]1CCCO1)C(=O)CO2. The van der Waals surface area contributed by atoms with E-state index in [1.54, 1.807) is 26.0 Å². The number of ether oxygens (including phenoxy) is 3. The van der Waals surface area contributed by atoms with Gasteiger partial charge in [0, 0.05) is 18.7 Å². The minimum absolute atomic E-state index is 0.0159. The highest BCUT2D eigenvalue weighted by molar-refractivity contribution is 6.05. The minimum Gasteiger partial charge on any atom is -0.485 e. The van der Waals surface area contributed by atoms with Crippen molar-refractivity contribution in [3.8, 4) is 11.5 Å². The predicted molar refractivity (Wildman–Crippen MR) is 122 cm³/mol. The van der Waals surface area contributed by atoms with Gasteiger partial charge in [0.05, 0.1) is 11.8 Å². The van der Waals surface area contributed by atoms with Gasteiger partial charge in [-0.05, 0) is 68.7 Å². The molecule has 0 saturated carbocycles. The first-order valence-electron chi connectivity index (χ1n) is 11.2. The second-order valence-electron chi connectivity index (χ2n) is 8.41. The summed E-state index contributed by atoms with van der Waals surface area (Å²) in [5.74, 6) is -0.599. The average Bonchev–Trinajstić information content (AvgIpc) is 3.34. The lowest BCUT2D eigenvalue weighted by molar-refractivity contribution is -0.127. The summed E-state index contributed by atoms with van der Waals surface area (Å²) >= 11 is 0. The molecule has 2 amide bonds. The number of hydrogen-bond acceptors (Lipinski definition) is 6. The molecule has 2 aromatic rings. The van der Waals surface area contributed by atoms with E-state index in [4.69, 9.17) is 14.2 Å². The lowest BCUT2D eigenvalue weighted by Gasteiger charge is -2.33. The number of halogens is 1. The van der Waals surface area contributed by atoms with Crippen LogP contribution in [0.1, 0.15) is 35.7 Å². The van der Waals surface area contributed by atoms with Gasteiger partial charge in [0.2, 0.25) is 5.91 Å². The molecular formula is C25H27FN2O6. The van der Waals surface area contributed by atoms with Crippen LogP contribution in [0.15, 0.2) is 36.4 Å². The molecule has 9 heteroatoms. The highest BCUT2D eigenvalue weighted by Crippen LogP contribution is 2.34. The molecule has 0 bridgehead atoms. The quantitative estimate of drug-likeness (QED) is 0.597. The summed E-state index contributed by atoms with van der Waals surface area (Å²) in [5.41, 5.74) is 1.22. The highest BCUT2D eigenvalue weighted by Gasteiger charge is 2.34. The van der Waals surface area contributed by atoms with Gasteiger partial charge in [-0.25, -0.2) is 4.39 Å². The van der Waals surface area contributed by atoms with E-state index in [1.165, 1.54) is 29.2 Å². The normalized spacial score (nSPS) is 18.1. The van der Waals surface area contributed by atoms with E-state index in [0.717, 1.165) is 12.8 Å². The number of carbonyl (C=O) groups excluding carboxylic acids is 3. The number of amides is 2. The van der Waals surface area contributed by atoms with Crippen LogP contribution >= 0.6 is 0 Å². The molecule has 34 heavy (non-hydrogen) atoms. The van der Waals surface area contributed by atoms with E-state index < -0.39 is 6.04 Å². The summed E-state index contributed by atoms with van der Waals surface area (Å²) in [5, 5.41) is 2.85. The molecule has 180 valence electrons. The molecule has 0 unspecified atom stereocenters. The zero-order chi connectivity index (χ0) is 24.2. The Balaban J connectivity index is 1.47. The number of benzene rings is 2. The zero-order valence-corrected chi connectivity index (χ0v) is 19.1. The Morgan fingerprint density at radius 3 is 2.82 bits per heavy atom. The minimum atomic E-state index is -0.806. The van der Waals surface area contributed by atoms with Crippen molar-refractivity contribution >= 4 is 23.3 Å². The van der Waals surface area contributed by atoms with Crippen LogP contribution < -0.4 is 19.7 Å².